The SMILES string of the molecule is COC(=O)/C(C#N)=C1/NC(=O)CC(c2ccccc2)C1C#N. The van der Waals surface area contributed by atoms with Crippen molar-refractivity contribution in [1.29, 1.82) is 10.5 Å². The molecule has 2 unspecified atom stereocenters. The van der Waals surface area contributed by atoms with Crippen molar-refractivity contribution in [2.75, 3.05) is 7.11 Å². The molecular formula is C16H13N3O3. The molecule has 110 valence electrons. The van der Waals surface area contributed by atoms with Crippen LogP contribution in [0.4, 0.5) is 0 Å². The fraction of sp³-hybridized carbons (Fsp3) is 0.250. The Kier molecular flexibility index (Phi) is 4.55. The van der Waals surface area contributed by atoms with Crippen LogP contribution < -0.4 is 5.32 Å². The van der Waals surface area contributed by atoms with Gasteiger partial charge in [-0.25, -0.2) is 4.79 Å². The summed E-state index contributed by atoms with van der Waals surface area (Å²) in [6.45, 7) is 0. The number of hydrogen-bond donors (Lipinski definition) is 1. The largest absolute Gasteiger partial charge is 0.465 e. The first-order valence-corrected chi connectivity index (χ1v) is 6.59. The first-order chi connectivity index (χ1) is 10.6. The summed E-state index contributed by atoms with van der Waals surface area (Å²) in [7, 11) is 1.14. The van der Waals surface area contributed by atoms with Gasteiger partial charge in [0.2, 0.25) is 5.91 Å². The highest BCUT2D eigenvalue weighted by molar-refractivity contribution is 5.95. The maximum atomic E-state index is 11.9. The molecule has 0 bridgehead atoms. The van der Waals surface area contributed by atoms with Gasteiger partial charge in [-0.2, -0.15) is 10.5 Å². The van der Waals surface area contributed by atoms with Gasteiger partial charge in [-0.15, -0.1) is 0 Å². The molecule has 1 heterocycles. The number of ether oxygens (including phenoxy) is 1. The first-order valence-electron chi connectivity index (χ1n) is 6.59. The number of allylic oxidation sites excluding steroid dienone is 1. The molecule has 0 saturated carbocycles. The number of benzene rings is 1. The number of piperidine rings is 1. The average molecular weight is 295 g/mol. The molecular weight excluding hydrogens is 282 g/mol. The molecule has 6 nitrogen and oxygen atoms in total. The van der Waals surface area contributed by atoms with E-state index < -0.39 is 17.8 Å². The summed E-state index contributed by atoms with van der Waals surface area (Å²) in [5, 5.41) is 21.1. The second-order valence-corrected chi connectivity index (χ2v) is 4.77. The van der Waals surface area contributed by atoms with Crippen molar-refractivity contribution >= 4 is 11.9 Å². The maximum absolute atomic E-state index is 11.9. The summed E-state index contributed by atoms with van der Waals surface area (Å²) in [6.07, 6.45) is 0.117. The van der Waals surface area contributed by atoms with Crippen molar-refractivity contribution in [2.24, 2.45) is 5.92 Å². The Balaban J connectivity index is 2.54. The fourth-order valence-electron chi connectivity index (χ4n) is 2.50. The number of carbonyl (C=O) groups excluding carboxylic acids is 2. The quantitative estimate of drug-likeness (QED) is 0.504. The topological polar surface area (TPSA) is 103 Å². The minimum Gasteiger partial charge on any atom is -0.465 e. The van der Waals surface area contributed by atoms with E-state index in [1.165, 1.54) is 0 Å². The van der Waals surface area contributed by atoms with Crippen molar-refractivity contribution < 1.29 is 14.3 Å². The van der Waals surface area contributed by atoms with Gasteiger partial charge in [-0.3, -0.25) is 4.79 Å². The zero-order valence-corrected chi connectivity index (χ0v) is 11.9. The lowest BCUT2D eigenvalue weighted by Gasteiger charge is -2.30. The molecule has 1 aliphatic rings. The van der Waals surface area contributed by atoms with Crippen LogP contribution in [0.25, 0.3) is 0 Å². The lowest BCUT2D eigenvalue weighted by Crippen LogP contribution is -2.39. The summed E-state index contributed by atoms with van der Waals surface area (Å²) < 4.78 is 4.55. The Morgan fingerprint density at radius 2 is 2.00 bits per heavy atom. The summed E-state index contributed by atoms with van der Waals surface area (Å²) in [5.41, 5.74) is 0.480. The van der Waals surface area contributed by atoms with Gasteiger partial charge in [0, 0.05) is 12.3 Å². The second kappa shape index (κ2) is 6.55. The molecule has 22 heavy (non-hydrogen) atoms. The molecule has 1 saturated heterocycles. The molecule has 1 aliphatic heterocycles. The van der Waals surface area contributed by atoms with E-state index in [4.69, 9.17) is 5.26 Å². The molecule has 1 amide bonds. The van der Waals surface area contributed by atoms with Crippen LogP contribution >= 0.6 is 0 Å². The van der Waals surface area contributed by atoms with Gasteiger partial charge < -0.3 is 10.1 Å². The third-order valence-electron chi connectivity index (χ3n) is 3.53. The predicted molar refractivity (Wildman–Crippen MR) is 75.7 cm³/mol. The van der Waals surface area contributed by atoms with Crippen molar-refractivity contribution in [3.8, 4) is 12.1 Å². The molecule has 1 fully saturated rings. The van der Waals surface area contributed by atoms with Gasteiger partial charge in [-0.05, 0) is 5.56 Å². The Morgan fingerprint density at radius 3 is 2.55 bits per heavy atom. The van der Waals surface area contributed by atoms with Gasteiger partial charge in [-0.1, -0.05) is 30.3 Å². The Bertz CT molecular complexity index is 710. The van der Waals surface area contributed by atoms with E-state index in [2.05, 4.69) is 16.1 Å². The molecule has 0 spiro atoms. The third-order valence-corrected chi connectivity index (χ3v) is 3.53. The van der Waals surface area contributed by atoms with E-state index in [9.17, 15) is 14.9 Å². The first kappa shape index (κ1) is 15.3. The smallest absolute Gasteiger partial charge is 0.350 e. The number of nitrogens with zero attached hydrogens (tertiary/aromatic N) is 2. The Hall–Kier alpha value is -3.12. The fourth-order valence-corrected chi connectivity index (χ4v) is 2.50. The van der Waals surface area contributed by atoms with Gasteiger partial charge in [0.1, 0.15) is 6.07 Å². The summed E-state index contributed by atoms with van der Waals surface area (Å²) in [5.74, 6) is -2.42. The minimum atomic E-state index is -0.869. The highest BCUT2D eigenvalue weighted by Gasteiger charge is 2.37. The second-order valence-electron chi connectivity index (χ2n) is 4.77. The number of nitriles is 2. The number of hydrogen-bond acceptors (Lipinski definition) is 5. The molecule has 0 radical (unpaired) electrons. The van der Waals surface area contributed by atoms with Gasteiger partial charge in [0.05, 0.1) is 24.8 Å². The zero-order valence-electron chi connectivity index (χ0n) is 11.9. The molecule has 2 rings (SSSR count). The molecule has 6 heteroatoms. The third kappa shape index (κ3) is 2.82. The molecule has 2 atom stereocenters. The van der Waals surface area contributed by atoms with E-state index in [-0.39, 0.29) is 23.6 Å². The standard InChI is InChI=1S/C16H13N3O3/c1-22-16(21)13(9-18)15-12(8-17)11(7-14(20)19-15)10-5-3-2-4-6-10/h2-6,11-12H,7H2,1H3,(H,19,20)/b15-13+. The average Bonchev–Trinajstić information content (AvgIpc) is 2.55. The number of esters is 1. The molecule has 0 aliphatic carbocycles. The van der Waals surface area contributed by atoms with E-state index in [1.54, 1.807) is 6.07 Å². The lowest BCUT2D eigenvalue weighted by molar-refractivity contribution is -0.135. The van der Waals surface area contributed by atoms with Crippen LogP contribution in [-0.2, 0) is 14.3 Å². The van der Waals surface area contributed by atoms with Gasteiger partial charge >= 0.3 is 5.97 Å². The van der Waals surface area contributed by atoms with E-state index >= 15 is 0 Å². The van der Waals surface area contributed by atoms with Crippen molar-refractivity contribution in [1.82, 2.24) is 5.32 Å². The highest BCUT2D eigenvalue weighted by atomic mass is 16.5. The number of amides is 1. The number of carbonyl (C=O) groups is 2. The molecule has 1 aromatic rings. The van der Waals surface area contributed by atoms with Crippen LogP contribution in [0.15, 0.2) is 41.6 Å². The van der Waals surface area contributed by atoms with Crippen LogP contribution in [0.5, 0.6) is 0 Å². The number of rotatable bonds is 2. The van der Waals surface area contributed by atoms with E-state index in [1.807, 2.05) is 30.3 Å². The molecule has 0 aromatic heterocycles. The summed E-state index contributed by atoms with van der Waals surface area (Å²) in [4.78, 5) is 23.6. The van der Waals surface area contributed by atoms with Crippen LogP contribution in [-0.4, -0.2) is 19.0 Å². The van der Waals surface area contributed by atoms with Crippen LogP contribution in [0.3, 0.4) is 0 Å². The summed E-state index contributed by atoms with van der Waals surface area (Å²) >= 11 is 0. The van der Waals surface area contributed by atoms with Gasteiger partial charge in [0.15, 0.2) is 5.57 Å². The molecule has 1 aromatic carbocycles. The van der Waals surface area contributed by atoms with Crippen LogP contribution in [0.2, 0.25) is 0 Å². The van der Waals surface area contributed by atoms with Crippen LogP contribution in [0.1, 0.15) is 17.9 Å². The zero-order chi connectivity index (χ0) is 16.1. The number of nitrogens with one attached hydrogen (secondary N) is 1. The Labute approximate surface area is 127 Å². The minimum absolute atomic E-state index is 0.0157. The molecule has 1 N–H and O–H groups in total. The maximum Gasteiger partial charge on any atom is 0.350 e. The van der Waals surface area contributed by atoms with Crippen molar-refractivity contribution in [3.63, 3.8) is 0 Å². The normalized spacial score (nSPS) is 22.8. The van der Waals surface area contributed by atoms with E-state index in [0.29, 0.717) is 0 Å². The Morgan fingerprint density at radius 1 is 1.32 bits per heavy atom. The van der Waals surface area contributed by atoms with Crippen molar-refractivity contribution in [3.05, 3.63) is 47.2 Å². The van der Waals surface area contributed by atoms with Crippen LogP contribution in [0, 0.1) is 28.6 Å². The van der Waals surface area contributed by atoms with Gasteiger partial charge in [0.25, 0.3) is 0 Å². The van der Waals surface area contributed by atoms with Crippen molar-refractivity contribution in [2.45, 2.75) is 12.3 Å². The highest BCUT2D eigenvalue weighted by Crippen LogP contribution is 2.36. The van der Waals surface area contributed by atoms with E-state index in [0.717, 1.165) is 12.7 Å². The number of methoxy groups -OCH3 is 1. The monoisotopic (exact) mass is 295 g/mol. The lowest BCUT2D eigenvalue weighted by atomic mass is 9.78. The predicted octanol–water partition coefficient (Wildman–Crippen LogP) is 1.38. The summed E-state index contributed by atoms with van der Waals surface area (Å²) in [6, 6.07) is 12.9.